The highest BCUT2D eigenvalue weighted by molar-refractivity contribution is 6.02. The molecule has 1 aliphatic heterocycles. The zero-order valence-corrected chi connectivity index (χ0v) is 16.8. The number of hydrogen-bond acceptors (Lipinski definition) is 3. The maximum absolute atomic E-state index is 13.0. The number of carbonyl (C=O) groups excluding carboxylic acids is 2. The Bertz CT molecular complexity index is 856. The predicted octanol–water partition coefficient (Wildman–Crippen LogP) is 4.00. The van der Waals surface area contributed by atoms with Crippen LogP contribution in [0.2, 0.25) is 0 Å². The fourth-order valence-corrected chi connectivity index (χ4v) is 3.86. The van der Waals surface area contributed by atoms with E-state index in [9.17, 15) is 9.59 Å². The van der Waals surface area contributed by atoms with Crippen LogP contribution in [0, 0.1) is 5.92 Å². The van der Waals surface area contributed by atoms with Gasteiger partial charge in [0, 0.05) is 36.9 Å². The summed E-state index contributed by atoms with van der Waals surface area (Å²) in [6, 6.07) is 15.9. The van der Waals surface area contributed by atoms with Gasteiger partial charge in [-0.3, -0.25) is 9.59 Å². The Morgan fingerprint density at radius 1 is 0.966 bits per heavy atom. The molecule has 0 spiro atoms. The lowest BCUT2D eigenvalue weighted by Gasteiger charge is -2.30. The number of rotatable bonds is 7. The number of piperidine rings is 1. The smallest absolute Gasteiger partial charge is 0.253 e. The van der Waals surface area contributed by atoms with Gasteiger partial charge < -0.3 is 15.5 Å². The molecule has 2 amide bonds. The average Bonchev–Trinajstić information content (AvgIpc) is 3.61. The Morgan fingerprint density at radius 3 is 2.45 bits per heavy atom. The Balaban J connectivity index is 1.48. The molecule has 1 saturated carbocycles. The fourth-order valence-electron chi connectivity index (χ4n) is 3.86. The van der Waals surface area contributed by atoms with Gasteiger partial charge in [-0.25, -0.2) is 0 Å². The van der Waals surface area contributed by atoms with E-state index < -0.39 is 0 Å². The summed E-state index contributed by atoms with van der Waals surface area (Å²) in [4.78, 5) is 27.5. The van der Waals surface area contributed by atoms with Gasteiger partial charge in [0.2, 0.25) is 5.91 Å². The summed E-state index contributed by atoms with van der Waals surface area (Å²) in [5.74, 6) is 0.120. The molecule has 5 heteroatoms. The number of nitrogens with zero attached hydrogens (tertiary/aromatic N) is 1. The van der Waals surface area contributed by atoms with Crippen molar-refractivity contribution < 1.29 is 9.59 Å². The Hall–Kier alpha value is -2.82. The van der Waals surface area contributed by atoms with Crippen molar-refractivity contribution in [2.24, 2.45) is 5.92 Å². The first-order valence-electron chi connectivity index (χ1n) is 10.7. The van der Waals surface area contributed by atoms with Crippen LogP contribution in [0.3, 0.4) is 0 Å². The minimum atomic E-state index is -0.0796. The van der Waals surface area contributed by atoms with Crippen LogP contribution in [-0.2, 0) is 11.2 Å². The molecule has 5 nitrogen and oxygen atoms in total. The van der Waals surface area contributed by atoms with Crippen molar-refractivity contribution in [3.05, 3.63) is 59.7 Å². The molecule has 2 aliphatic rings. The summed E-state index contributed by atoms with van der Waals surface area (Å²) < 4.78 is 0. The standard InChI is InChI=1S/C24H29N3O2/c28-23(19-9-10-19)26-20-11-12-22(27-15-5-2-6-16-27)21(17-20)24(29)25-14-13-18-7-3-1-4-8-18/h1,3-4,7-8,11-12,17,19H,2,5-6,9-10,13-16H2,(H,25,29)(H,26,28). The lowest BCUT2D eigenvalue weighted by molar-refractivity contribution is -0.117. The molecule has 2 N–H and O–H groups in total. The van der Waals surface area contributed by atoms with Crippen LogP contribution < -0.4 is 15.5 Å². The van der Waals surface area contributed by atoms with E-state index in [1.165, 1.54) is 12.0 Å². The van der Waals surface area contributed by atoms with Crippen molar-refractivity contribution in [3.8, 4) is 0 Å². The quantitative estimate of drug-likeness (QED) is 0.750. The maximum Gasteiger partial charge on any atom is 0.253 e. The Morgan fingerprint density at radius 2 is 1.72 bits per heavy atom. The van der Waals surface area contributed by atoms with Crippen molar-refractivity contribution in [3.63, 3.8) is 0 Å². The minimum absolute atomic E-state index is 0.0613. The van der Waals surface area contributed by atoms with E-state index in [1.807, 2.05) is 36.4 Å². The molecule has 0 unspecified atom stereocenters. The summed E-state index contributed by atoms with van der Waals surface area (Å²) in [6.07, 6.45) is 6.26. The third kappa shape index (κ3) is 5.17. The first kappa shape index (κ1) is 19.5. The van der Waals surface area contributed by atoms with Crippen LogP contribution >= 0.6 is 0 Å². The zero-order valence-electron chi connectivity index (χ0n) is 16.8. The van der Waals surface area contributed by atoms with Crippen LogP contribution in [0.15, 0.2) is 48.5 Å². The summed E-state index contributed by atoms with van der Waals surface area (Å²) in [6.45, 7) is 2.52. The molecule has 1 heterocycles. The highest BCUT2D eigenvalue weighted by Crippen LogP contribution is 2.31. The van der Waals surface area contributed by atoms with Crippen LogP contribution in [0.1, 0.15) is 48.0 Å². The first-order valence-corrected chi connectivity index (χ1v) is 10.7. The molecular weight excluding hydrogens is 362 g/mol. The molecule has 152 valence electrons. The van der Waals surface area contributed by atoms with Crippen molar-refractivity contribution in [2.45, 2.75) is 38.5 Å². The first-order chi connectivity index (χ1) is 14.2. The van der Waals surface area contributed by atoms with E-state index in [-0.39, 0.29) is 17.7 Å². The summed E-state index contributed by atoms with van der Waals surface area (Å²) in [5.41, 5.74) is 3.52. The highest BCUT2D eigenvalue weighted by Gasteiger charge is 2.30. The molecule has 0 radical (unpaired) electrons. The summed E-state index contributed by atoms with van der Waals surface area (Å²) in [5, 5.41) is 6.04. The molecule has 29 heavy (non-hydrogen) atoms. The SMILES string of the molecule is O=C(NCCc1ccccc1)c1cc(NC(=O)C2CC2)ccc1N1CCCCC1. The van der Waals surface area contributed by atoms with E-state index >= 15 is 0 Å². The van der Waals surface area contributed by atoms with E-state index in [4.69, 9.17) is 0 Å². The summed E-state index contributed by atoms with van der Waals surface area (Å²) in [7, 11) is 0. The number of amides is 2. The van der Waals surface area contributed by atoms with E-state index in [2.05, 4.69) is 27.7 Å². The van der Waals surface area contributed by atoms with Crippen LogP contribution in [0.4, 0.5) is 11.4 Å². The largest absolute Gasteiger partial charge is 0.371 e. The predicted molar refractivity (Wildman–Crippen MR) is 116 cm³/mol. The van der Waals surface area contributed by atoms with Gasteiger partial charge in [0.05, 0.1) is 5.56 Å². The van der Waals surface area contributed by atoms with Crippen LogP contribution in [0.25, 0.3) is 0 Å². The molecule has 1 aliphatic carbocycles. The van der Waals surface area contributed by atoms with E-state index in [0.717, 1.165) is 50.9 Å². The number of hydrogen-bond donors (Lipinski definition) is 2. The minimum Gasteiger partial charge on any atom is -0.371 e. The molecule has 1 saturated heterocycles. The number of carbonyl (C=O) groups is 2. The maximum atomic E-state index is 13.0. The highest BCUT2D eigenvalue weighted by atomic mass is 16.2. The molecule has 2 aromatic rings. The van der Waals surface area contributed by atoms with Crippen molar-refractivity contribution in [2.75, 3.05) is 29.9 Å². The van der Waals surface area contributed by atoms with Gasteiger partial charge >= 0.3 is 0 Å². The van der Waals surface area contributed by atoms with Crippen LogP contribution in [0.5, 0.6) is 0 Å². The van der Waals surface area contributed by atoms with Crippen molar-refractivity contribution in [1.82, 2.24) is 5.32 Å². The molecule has 0 bridgehead atoms. The number of benzene rings is 2. The third-order valence-corrected chi connectivity index (χ3v) is 5.70. The zero-order chi connectivity index (χ0) is 20.1. The lowest BCUT2D eigenvalue weighted by atomic mass is 10.1. The lowest BCUT2D eigenvalue weighted by Crippen LogP contribution is -2.33. The monoisotopic (exact) mass is 391 g/mol. The molecule has 4 rings (SSSR count). The van der Waals surface area contributed by atoms with E-state index in [0.29, 0.717) is 17.8 Å². The average molecular weight is 392 g/mol. The number of nitrogens with one attached hydrogen (secondary N) is 2. The van der Waals surface area contributed by atoms with Gasteiger partial charge in [0.15, 0.2) is 0 Å². The molecule has 0 atom stereocenters. The second-order valence-electron chi connectivity index (χ2n) is 8.03. The molecule has 0 aromatic heterocycles. The van der Waals surface area contributed by atoms with Gasteiger partial charge in [-0.2, -0.15) is 0 Å². The second kappa shape index (κ2) is 9.12. The van der Waals surface area contributed by atoms with Gasteiger partial charge in [0.1, 0.15) is 0 Å². The van der Waals surface area contributed by atoms with Gasteiger partial charge in [-0.1, -0.05) is 30.3 Å². The molecule has 2 fully saturated rings. The van der Waals surface area contributed by atoms with Gasteiger partial charge in [-0.15, -0.1) is 0 Å². The van der Waals surface area contributed by atoms with Crippen LogP contribution in [-0.4, -0.2) is 31.4 Å². The van der Waals surface area contributed by atoms with E-state index in [1.54, 1.807) is 0 Å². The second-order valence-corrected chi connectivity index (χ2v) is 8.03. The van der Waals surface area contributed by atoms with Gasteiger partial charge in [-0.05, 0) is 62.3 Å². The Kier molecular flexibility index (Phi) is 6.13. The van der Waals surface area contributed by atoms with Gasteiger partial charge in [0.25, 0.3) is 5.91 Å². The third-order valence-electron chi connectivity index (χ3n) is 5.70. The fraction of sp³-hybridized carbons (Fsp3) is 0.417. The van der Waals surface area contributed by atoms with Crippen molar-refractivity contribution in [1.29, 1.82) is 0 Å². The Labute approximate surface area is 172 Å². The topological polar surface area (TPSA) is 61.4 Å². The molecular formula is C24H29N3O2. The van der Waals surface area contributed by atoms with Crippen molar-refractivity contribution >= 4 is 23.2 Å². The molecule has 2 aromatic carbocycles. The summed E-state index contributed by atoms with van der Waals surface area (Å²) >= 11 is 0. The normalized spacial score (nSPS) is 16.3. The number of anilines is 2.